The summed E-state index contributed by atoms with van der Waals surface area (Å²) in [6.45, 7) is 0. The van der Waals surface area contributed by atoms with E-state index in [-0.39, 0.29) is 11.2 Å². The van der Waals surface area contributed by atoms with Gasteiger partial charge in [0.25, 0.3) is 0 Å². The minimum absolute atomic E-state index is 0.0429. The van der Waals surface area contributed by atoms with E-state index in [4.69, 9.17) is 15.7 Å². The van der Waals surface area contributed by atoms with Gasteiger partial charge in [0.15, 0.2) is 0 Å². The maximum atomic E-state index is 9.74. The molecule has 0 aromatic heterocycles. The van der Waals surface area contributed by atoms with Crippen molar-refractivity contribution in [3.63, 3.8) is 0 Å². The Bertz CT molecular complexity index is 464. The quantitative estimate of drug-likeness (QED) is 0.681. The third-order valence-electron chi connectivity index (χ3n) is 2.20. The molecular formula is C10H5B2BrO. The molecule has 0 saturated carbocycles. The van der Waals surface area contributed by atoms with Crippen LogP contribution in [0.5, 0.6) is 5.75 Å². The van der Waals surface area contributed by atoms with Gasteiger partial charge in [-0.15, -0.1) is 0 Å². The molecule has 0 saturated heterocycles. The Labute approximate surface area is 93.1 Å². The minimum Gasteiger partial charge on any atom is -0.508 e. The zero-order valence-corrected chi connectivity index (χ0v) is 8.88. The van der Waals surface area contributed by atoms with Crippen molar-refractivity contribution in [2.45, 2.75) is 0 Å². The van der Waals surface area contributed by atoms with Crippen molar-refractivity contribution in [2.24, 2.45) is 0 Å². The summed E-state index contributed by atoms with van der Waals surface area (Å²) in [5.41, 5.74) is 0.594. The van der Waals surface area contributed by atoms with Gasteiger partial charge in [-0.25, -0.2) is 0 Å². The normalized spacial score (nSPS) is 10.6. The van der Waals surface area contributed by atoms with Gasteiger partial charge in [0.2, 0.25) is 0 Å². The average molecular weight is 243 g/mol. The number of rotatable bonds is 0. The van der Waals surface area contributed by atoms with Crippen molar-refractivity contribution in [1.29, 1.82) is 0 Å². The number of phenolic OH excluding ortho intramolecular Hbond substituents is 1. The molecule has 4 heteroatoms. The highest BCUT2D eigenvalue weighted by Gasteiger charge is 2.09. The van der Waals surface area contributed by atoms with Gasteiger partial charge >= 0.3 is 0 Å². The molecule has 1 nitrogen and oxygen atoms in total. The maximum Gasteiger partial charge on any atom is 0.118 e. The van der Waals surface area contributed by atoms with Crippen LogP contribution in [-0.4, -0.2) is 20.8 Å². The van der Waals surface area contributed by atoms with E-state index in [0.29, 0.717) is 10.8 Å². The van der Waals surface area contributed by atoms with Gasteiger partial charge in [0, 0.05) is 9.86 Å². The summed E-state index contributed by atoms with van der Waals surface area (Å²) < 4.78 is 0.725. The summed E-state index contributed by atoms with van der Waals surface area (Å²) in [5.74, 6) is 0.0429. The summed E-state index contributed by atoms with van der Waals surface area (Å²) in [4.78, 5) is 0. The molecule has 0 aliphatic carbocycles. The Hall–Kier alpha value is -0.890. The number of fused-ring (bicyclic) bond motifs is 1. The van der Waals surface area contributed by atoms with Crippen molar-refractivity contribution >= 4 is 53.3 Å². The molecule has 0 atom stereocenters. The van der Waals surface area contributed by atoms with Gasteiger partial charge in [-0.05, 0) is 5.39 Å². The van der Waals surface area contributed by atoms with Crippen LogP contribution in [-0.2, 0) is 0 Å². The lowest BCUT2D eigenvalue weighted by atomic mass is 9.78. The maximum absolute atomic E-state index is 9.74. The molecule has 0 unspecified atom stereocenters. The number of aromatic hydroxyl groups is 1. The first-order valence-corrected chi connectivity index (χ1v) is 4.86. The van der Waals surface area contributed by atoms with E-state index >= 15 is 0 Å². The van der Waals surface area contributed by atoms with E-state index in [1.807, 2.05) is 18.2 Å². The second kappa shape index (κ2) is 3.35. The summed E-state index contributed by atoms with van der Waals surface area (Å²) in [5, 5.41) is 11.3. The van der Waals surface area contributed by atoms with Crippen LogP contribution in [0.2, 0.25) is 0 Å². The molecule has 0 aliphatic rings. The monoisotopic (exact) mass is 242 g/mol. The summed E-state index contributed by atoms with van der Waals surface area (Å²) in [6, 6.07) is 7.38. The van der Waals surface area contributed by atoms with Crippen LogP contribution in [0.1, 0.15) is 0 Å². The molecule has 4 radical (unpaired) electrons. The third kappa shape index (κ3) is 1.25. The number of hydrogen-bond acceptors (Lipinski definition) is 1. The Morgan fingerprint density at radius 3 is 2.21 bits per heavy atom. The standard InChI is InChI=1S/C10H5B2BrO/c11-7-8(12)10(14)6-4-2-1-3-5(6)9(7)13/h1-4,14H. The molecule has 0 amide bonds. The number of halogens is 1. The molecule has 0 aliphatic heterocycles. The van der Waals surface area contributed by atoms with Crippen LogP contribution < -0.4 is 10.9 Å². The fourth-order valence-corrected chi connectivity index (χ4v) is 1.98. The van der Waals surface area contributed by atoms with Gasteiger partial charge in [-0.2, -0.15) is 0 Å². The molecule has 1 N–H and O–H groups in total. The van der Waals surface area contributed by atoms with Crippen LogP contribution in [0.15, 0.2) is 28.7 Å². The van der Waals surface area contributed by atoms with E-state index < -0.39 is 0 Å². The number of phenols is 1. The van der Waals surface area contributed by atoms with Crippen molar-refractivity contribution in [1.82, 2.24) is 0 Å². The van der Waals surface area contributed by atoms with Gasteiger partial charge in [0.1, 0.15) is 21.4 Å². The number of hydrogen-bond donors (Lipinski definition) is 1. The van der Waals surface area contributed by atoms with E-state index in [9.17, 15) is 5.11 Å². The lowest BCUT2D eigenvalue weighted by Crippen LogP contribution is -2.27. The van der Waals surface area contributed by atoms with Crippen LogP contribution in [0.4, 0.5) is 0 Å². The van der Waals surface area contributed by atoms with Gasteiger partial charge in [0.05, 0.1) is 0 Å². The SMILES string of the molecule is [B]c1c([B])c(Br)c2ccccc2c1O. The predicted octanol–water partition coefficient (Wildman–Crippen LogP) is 0.895. The largest absolute Gasteiger partial charge is 0.508 e. The van der Waals surface area contributed by atoms with Crippen LogP contribution in [0.25, 0.3) is 10.8 Å². The zero-order chi connectivity index (χ0) is 10.3. The summed E-state index contributed by atoms with van der Waals surface area (Å²) >= 11 is 3.35. The Morgan fingerprint density at radius 2 is 1.57 bits per heavy atom. The van der Waals surface area contributed by atoms with Gasteiger partial charge < -0.3 is 5.11 Å². The fraction of sp³-hybridized carbons (Fsp3) is 0. The fourth-order valence-electron chi connectivity index (χ4n) is 1.42. The Morgan fingerprint density at radius 1 is 1.00 bits per heavy atom. The van der Waals surface area contributed by atoms with E-state index in [0.717, 1.165) is 9.86 Å². The molecule has 0 bridgehead atoms. The van der Waals surface area contributed by atoms with Crippen molar-refractivity contribution < 1.29 is 5.11 Å². The average Bonchev–Trinajstić information content (AvgIpc) is 2.23. The molecule has 2 aromatic carbocycles. The Balaban J connectivity index is 3.02. The third-order valence-corrected chi connectivity index (χ3v) is 3.05. The first kappa shape index (κ1) is 9.66. The molecule has 14 heavy (non-hydrogen) atoms. The smallest absolute Gasteiger partial charge is 0.118 e. The first-order chi connectivity index (χ1) is 6.63. The first-order valence-electron chi connectivity index (χ1n) is 4.07. The highest BCUT2D eigenvalue weighted by molar-refractivity contribution is 9.10. The molecule has 0 spiro atoms. The topological polar surface area (TPSA) is 20.2 Å². The van der Waals surface area contributed by atoms with Crippen LogP contribution >= 0.6 is 15.9 Å². The minimum atomic E-state index is 0.0429. The van der Waals surface area contributed by atoms with Gasteiger partial charge in [-0.1, -0.05) is 51.1 Å². The highest BCUT2D eigenvalue weighted by Crippen LogP contribution is 2.27. The van der Waals surface area contributed by atoms with E-state index in [2.05, 4.69) is 15.9 Å². The lowest BCUT2D eigenvalue weighted by Gasteiger charge is -2.11. The molecule has 64 valence electrons. The van der Waals surface area contributed by atoms with E-state index in [1.165, 1.54) is 0 Å². The second-order valence-electron chi connectivity index (χ2n) is 3.04. The van der Waals surface area contributed by atoms with Crippen LogP contribution in [0.3, 0.4) is 0 Å². The second-order valence-corrected chi connectivity index (χ2v) is 3.83. The lowest BCUT2D eigenvalue weighted by molar-refractivity contribution is 0.486. The van der Waals surface area contributed by atoms with Crippen molar-refractivity contribution in [3.8, 4) is 5.75 Å². The predicted molar refractivity (Wildman–Crippen MR) is 64.1 cm³/mol. The summed E-state index contributed by atoms with van der Waals surface area (Å²) in [6.07, 6.45) is 0. The number of benzene rings is 2. The Kier molecular flexibility index (Phi) is 2.31. The zero-order valence-electron chi connectivity index (χ0n) is 7.29. The highest BCUT2D eigenvalue weighted by atomic mass is 79.9. The van der Waals surface area contributed by atoms with Crippen molar-refractivity contribution in [3.05, 3.63) is 28.7 Å². The molecular weight excluding hydrogens is 238 g/mol. The van der Waals surface area contributed by atoms with Gasteiger partial charge in [-0.3, -0.25) is 0 Å². The summed E-state index contributed by atoms with van der Waals surface area (Å²) in [7, 11) is 11.4. The molecule has 2 rings (SSSR count). The molecule has 0 heterocycles. The van der Waals surface area contributed by atoms with E-state index in [1.54, 1.807) is 6.07 Å². The van der Waals surface area contributed by atoms with Crippen LogP contribution in [0, 0.1) is 0 Å². The molecule has 0 fully saturated rings. The molecule has 2 aromatic rings. The van der Waals surface area contributed by atoms with Crippen molar-refractivity contribution in [2.75, 3.05) is 0 Å².